The van der Waals surface area contributed by atoms with E-state index in [2.05, 4.69) is 20.5 Å². The number of ether oxygens (including phenoxy) is 3. The Labute approximate surface area is 183 Å². The Bertz CT molecular complexity index is 1030. The Morgan fingerprint density at radius 3 is 2.73 bits per heavy atom. The molecule has 0 radical (unpaired) electrons. The fraction of sp³-hybridized carbons (Fsp3) is 0.250. The lowest BCUT2D eigenvalue weighted by Crippen LogP contribution is -2.13. The molecule has 0 fully saturated rings. The Balaban J connectivity index is 1.52. The SMILES string of the molecule is COc1ccc(-c2nc(NC(=O)CCCOc3cccc(Cl)c3Cl)n[nH]2)c(OC)c1. The monoisotopic (exact) mass is 450 g/mol. The first-order valence-electron chi connectivity index (χ1n) is 9.03. The summed E-state index contributed by atoms with van der Waals surface area (Å²) in [7, 11) is 3.13. The van der Waals surface area contributed by atoms with Crippen LogP contribution in [0, 0.1) is 0 Å². The minimum absolute atomic E-state index is 0.173. The molecule has 0 bridgehead atoms. The van der Waals surface area contributed by atoms with E-state index in [1.54, 1.807) is 50.6 Å². The van der Waals surface area contributed by atoms with Crippen molar-refractivity contribution >= 4 is 35.1 Å². The van der Waals surface area contributed by atoms with Crippen LogP contribution >= 0.6 is 23.2 Å². The van der Waals surface area contributed by atoms with Gasteiger partial charge >= 0.3 is 0 Å². The van der Waals surface area contributed by atoms with Gasteiger partial charge in [0.15, 0.2) is 5.82 Å². The number of methoxy groups -OCH3 is 2. The van der Waals surface area contributed by atoms with Crippen LogP contribution in [0.3, 0.4) is 0 Å². The number of nitrogens with one attached hydrogen (secondary N) is 2. The fourth-order valence-corrected chi connectivity index (χ4v) is 2.98. The lowest BCUT2D eigenvalue weighted by molar-refractivity contribution is -0.116. The van der Waals surface area contributed by atoms with Crippen LogP contribution in [-0.2, 0) is 4.79 Å². The molecule has 0 aliphatic carbocycles. The Morgan fingerprint density at radius 1 is 1.13 bits per heavy atom. The lowest BCUT2D eigenvalue weighted by atomic mass is 10.2. The number of aromatic nitrogens is 3. The molecule has 3 rings (SSSR count). The molecule has 8 nitrogen and oxygen atoms in total. The summed E-state index contributed by atoms with van der Waals surface area (Å²) in [6, 6.07) is 10.5. The van der Waals surface area contributed by atoms with Gasteiger partial charge in [-0.05, 0) is 30.7 Å². The highest BCUT2D eigenvalue weighted by Crippen LogP contribution is 2.32. The second-order valence-corrected chi connectivity index (χ2v) is 6.91. The van der Waals surface area contributed by atoms with E-state index in [0.29, 0.717) is 51.7 Å². The normalized spacial score (nSPS) is 10.5. The van der Waals surface area contributed by atoms with Crippen molar-refractivity contribution in [1.82, 2.24) is 15.2 Å². The summed E-state index contributed by atoms with van der Waals surface area (Å²) in [5, 5.41) is 10.2. The zero-order valence-electron chi connectivity index (χ0n) is 16.4. The first-order valence-corrected chi connectivity index (χ1v) is 9.79. The molecule has 10 heteroatoms. The summed E-state index contributed by atoms with van der Waals surface area (Å²) in [4.78, 5) is 16.4. The number of H-pyrrole nitrogens is 1. The fourth-order valence-electron chi connectivity index (χ4n) is 2.63. The van der Waals surface area contributed by atoms with Crippen LogP contribution < -0.4 is 19.5 Å². The van der Waals surface area contributed by atoms with Gasteiger partial charge in [-0.15, -0.1) is 5.10 Å². The standard InChI is InChI=1S/C20H20Cl2N4O4/c1-28-12-8-9-13(16(11-12)29-2)19-24-20(26-25-19)23-17(27)7-4-10-30-15-6-3-5-14(21)18(15)22/h3,5-6,8-9,11H,4,7,10H2,1-2H3,(H2,23,24,25,26,27). The molecule has 0 unspecified atom stereocenters. The number of amides is 1. The minimum Gasteiger partial charge on any atom is -0.497 e. The van der Waals surface area contributed by atoms with Gasteiger partial charge in [0.1, 0.15) is 22.3 Å². The number of aromatic amines is 1. The molecule has 1 aromatic heterocycles. The molecular weight excluding hydrogens is 431 g/mol. The minimum atomic E-state index is -0.233. The van der Waals surface area contributed by atoms with Crippen LogP contribution in [0.2, 0.25) is 10.0 Å². The third-order valence-electron chi connectivity index (χ3n) is 4.12. The molecule has 2 aromatic carbocycles. The molecule has 0 saturated carbocycles. The van der Waals surface area contributed by atoms with Crippen LogP contribution in [0.4, 0.5) is 5.95 Å². The highest BCUT2D eigenvalue weighted by molar-refractivity contribution is 6.42. The average Bonchev–Trinajstić information content (AvgIpc) is 3.21. The van der Waals surface area contributed by atoms with E-state index in [9.17, 15) is 4.79 Å². The smallest absolute Gasteiger partial charge is 0.249 e. The predicted molar refractivity (Wildman–Crippen MR) is 115 cm³/mol. The molecule has 0 spiro atoms. The van der Waals surface area contributed by atoms with Gasteiger partial charge in [-0.25, -0.2) is 0 Å². The van der Waals surface area contributed by atoms with Crippen molar-refractivity contribution in [1.29, 1.82) is 0 Å². The maximum Gasteiger partial charge on any atom is 0.249 e. The van der Waals surface area contributed by atoms with Crippen LogP contribution in [0.25, 0.3) is 11.4 Å². The van der Waals surface area contributed by atoms with E-state index in [-0.39, 0.29) is 18.3 Å². The number of carbonyl (C=O) groups is 1. The van der Waals surface area contributed by atoms with Crippen molar-refractivity contribution in [2.45, 2.75) is 12.8 Å². The zero-order valence-corrected chi connectivity index (χ0v) is 17.9. The number of hydrogen-bond donors (Lipinski definition) is 2. The molecule has 0 atom stereocenters. The summed E-state index contributed by atoms with van der Waals surface area (Å²) >= 11 is 12.0. The zero-order chi connectivity index (χ0) is 21.5. The third-order valence-corrected chi connectivity index (χ3v) is 4.92. The number of halogens is 2. The average molecular weight is 451 g/mol. The molecule has 3 aromatic rings. The number of hydrogen-bond acceptors (Lipinski definition) is 6. The van der Waals surface area contributed by atoms with Crippen molar-refractivity contribution in [3.63, 3.8) is 0 Å². The van der Waals surface area contributed by atoms with Crippen LogP contribution in [0.1, 0.15) is 12.8 Å². The molecule has 30 heavy (non-hydrogen) atoms. The van der Waals surface area contributed by atoms with E-state index in [0.717, 1.165) is 0 Å². The maximum atomic E-state index is 12.1. The maximum absolute atomic E-state index is 12.1. The third kappa shape index (κ3) is 5.34. The van der Waals surface area contributed by atoms with Gasteiger partial charge in [0.05, 0.1) is 31.4 Å². The number of benzene rings is 2. The summed E-state index contributed by atoms with van der Waals surface area (Å²) in [6.07, 6.45) is 0.714. The van der Waals surface area contributed by atoms with Crippen molar-refractivity contribution in [3.8, 4) is 28.6 Å². The van der Waals surface area contributed by atoms with Crippen molar-refractivity contribution < 1.29 is 19.0 Å². The van der Waals surface area contributed by atoms with Crippen molar-refractivity contribution in [2.75, 3.05) is 26.1 Å². The van der Waals surface area contributed by atoms with E-state index in [1.165, 1.54) is 0 Å². The van der Waals surface area contributed by atoms with Gasteiger partial charge in [0, 0.05) is 12.5 Å². The first kappa shape index (κ1) is 21.7. The number of rotatable bonds is 9. The summed E-state index contributed by atoms with van der Waals surface area (Å²) in [5.74, 6) is 2.11. The molecule has 1 heterocycles. The van der Waals surface area contributed by atoms with Crippen LogP contribution in [0.15, 0.2) is 36.4 Å². The van der Waals surface area contributed by atoms with E-state index < -0.39 is 0 Å². The van der Waals surface area contributed by atoms with Gasteiger partial charge in [-0.3, -0.25) is 15.2 Å². The Morgan fingerprint density at radius 2 is 1.97 bits per heavy atom. The second-order valence-electron chi connectivity index (χ2n) is 6.13. The molecular formula is C20H20Cl2N4O4. The molecule has 0 aliphatic heterocycles. The van der Waals surface area contributed by atoms with E-state index in [1.807, 2.05) is 0 Å². The molecule has 0 saturated heterocycles. The molecule has 158 valence electrons. The molecule has 2 N–H and O–H groups in total. The summed E-state index contributed by atoms with van der Waals surface area (Å²) in [5.41, 5.74) is 0.693. The van der Waals surface area contributed by atoms with Crippen molar-refractivity contribution in [3.05, 3.63) is 46.4 Å². The number of nitrogens with zero attached hydrogens (tertiary/aromatic N) is 2. The molecule has 0 aliphatic rings. The van der Waals surface area contributed by atoms with Crippen molar-refractivity contribution in [2.24, 2.45) is 0 Å². The summed E-state index contributed by atoms with van der Waals surface area (Å²) in [6.45, 7) is 0.315. The second kappa shape index (κ2) is 10.2. The van der Waals surface area contributed by atoms with Gasteiger partial charge in [-0.1, -0.05) is 29.3 Å². The number of carbonyl (C=O) groups excluding carboxylic acids is 1. The van der Waals surface area contributed by atoms with Crippen LogP contribution in [-0.4, -0.2) is 41.9 Å². The number of anilines is 1. The van der Waals surface area contributed by atoms with Gasteiger partial charge in [0.2, 0.25) is 11.9 Å². The largest absolute Gasteiger partial charge is 0.497 e. The van der Waals surface area contributed by atoms with Gasteiger partial charge in [-0.2, -0.15) is 4.98 Å². The van der Waals surface area contributed by atoms with Gasteiger partial charge in [0.25, 0.3) is 0 Å². The lowest BCUT2D eigenvalue weighted by Gasteiger charge is -2.08. The van der Waals surface area contributed by atoms with E-state index >= 15 is 0 Å². The predicted octanol–water partition coefficient (Wildman–Crippen LogP) is 4.59. The highest BCUT2D eigenvalue weighted by Gasteiger charge is 2.14. The Kier molecular flexibility index (Phi) is 7.37. The van der Waals surface area contributed by atoms with Crippen LogP contribution in [0.5, 0.6) is 17.2 Å². The molecule has 1 amide bonds. The topological polar surface area (TPSA) is 98.4 Å². The summed E-state index contributed by atoms with van der Waals surface area (Å²) < 4.78 is 16.1. The highest BCUT2D eigenvalue weighted by atomic mass is 35.5. The quantitative estimate of drug-likeness (QED) is 0.462. The first-order chi connectivity index (χ1) is 14.5. The Hall–Kier alpha value is -2.97. The van der Waals surface area contributed by atoms with E-state index in [4.69, 9.17) is 37.4 Å². The van der Waals surface area contributed by atoms with Gasteiger partial charge < -0.3 is 14.2 Å².